The zero-order valence-corrected chi connectivity index (χ0v) is 13.5. The van der Waals surface area contributed by atoms with Crippen molar-refractivity contribution in [2.75, 3.05) is 10.8 Å². The Bertz CT molecular complexity index is 857. The number of aryl methyl sites for hydroxylation is 3. The molecular formula is C15H17N3O4S. The van der Waals surface area contributed by atoms with E-state index in [2.05, 4.69) is 5.10 Å². The number of aromatic nitrogens is 2. The van der Waals surface area contributed by atoms with Crippen molar-refractivity contribution in [3.63, 3.8) is 0 Å². The Hall–Kier alpha value is -2.35. The third kappa shape index (κ3) is 2.94. The summed E-state index contributed by atoms with van der Waals surface area (Å²) in [5.74, 6) is -1.22. The second-order valence-electron chi connectivity index (χ2n) is 5.56. The molecule has 1 aliphatic rings. The summed E-state index contributed by atoms with van der Waals surface area (Å²) in [7, 11) is -2.31. The first-order valence-corrected chi connectivity index (χ1v) is 8.67. The molecule has 1 aromatic heterocycles. The van der Waals surface area contributed by atoms with Crippen LogP contribution in [0.25, 0.3) is 0 Å². The normalized spacial score (nSPS) is 13.8. The van der Waals surface area contributed by atoms with Crippen molar-refractivity contribution < 1.29 is 18.3 Å². The lowest BCUT2D eigenvalue weighted by molar-refractivity contribution is -0.135. The van der Waals surface area contributed by atoms with Crippen molar-refractivity contribution in [1.29, 1.82) is 0 Å². The van der Waals surface area contributed by atoms with Crippen LogP contribution in [-0.4, -0.2) is 35.8 Å². The Morgan fingerprint density at radius 1 is 1.35 bits per heavy atom. The zero-order valence-electron chi connectivity index (χ0n) is 12.6. The highest BCUT2D eigenvalue weighted by molar-refractivity contribution is 7.92. The molecule has 1 heterocycles. The topological polar surface area (TPSA) is 92.5 Å². The van der Waals surface area contributed by atoms with Gasteiger partial charge in [0.15, 0.2) is 0 Å². The Kier molecular flexibility index (Phi) is 3.85. The first-order valence-electron chi connectivity index (χ1n) is 7.23. The molecular weight excluding hydrogens is 318 g/mol. The second kappa shape index (κ2) is 5.69. The van der Waals surface area contributed by atoms with Gasteiger partial charge in [0.05, 0.1) is 16.8 Å². The van der Waals surface area contributed by atoms with Crippen LogP contribution in [0.15, 0.2) is 35.5 Å². The summed E-state index contributed by atoms with van der Waals surface area (Å²) >= 11 is 0. The minimum Gasteiger partial charge on any atom is -0.480 e. The van der Waals surface area contributed by atoms with Crippen LogP contribution in [0.5, 0.6) is 0 Å². The third-order valence-corrected chi connectivity index (χ3v) is 5.69. The number of benzene rings is 1. The van der Waals surface area contributed by atoms with E-state index in [-0.39, 0.29) is 10.6 Å². The van der Waals surface area contributed by atoms with Crippen molar-refractivity contribution >= 4 is 21.7 Å². The fourth-order valence-electron chi connectivity index (χ4n) is 2.81. The van der Waals surface area contributed by atoms with Crippen LogP contribution in [0.1, 0.15) is 17.5 Å². The minimum absolute atomic E-state index is 0.114. The summed E-state index contributed by atoms with van der Waals surface area (Å²) in [4.78, 5) is 11.2. The molecule has 0 unspecified atom stereocenters. The number of sulfonamides is 1. The number of aliphatic carboxylic acids is 1. The smallest absolute Gasteiger partial charge is 0.324 e. The number of hydrogen-bond acceptors (Lipinski definition) is 4. The number of anilines is 1. The summed E-state index contributed by atoms with van der Waals surface area (Å²) in [6.07, 6.45) is 5.64. The molecule has 3 rings (SSSR count). The molecule has 8 heteroatoms. The van der Waals surface area contributed by atoms with Crippen LogP contribution < -0.4 is 4.31 Å². The van der Waals surface area contributed by atoms with Crippen molar-refractivity contribution in [2.45, 2.75) is 24.2 Å². The number of hydrogen-bond donors (Lipinski definition) is 1. The van der Waals surface area contributed by atoms with Crippen LogP contribution in [0.3, 0.4) is 0 Å². The van der Waals surface area contributed by atoms with Gasteiger partial charge in [-0.1, -0.05) is 6.07 Å². The summed E-state index contributed by atoms with van der Waals surface area (Å²) in [5, 5.41) is 13.0. The molecule has 0 fully saturated rings. The Balaban J connectivity index is 2.04. The average molecular weight is 335 g/mol. The number of carboxylic acids is 1. The van der Waals surface area contributed by atoms with Crippen LogP contribution in [0.4, 0.5) is 5.69 Å². The fourth-order valence-corrected chi connectivity index (χ4v) is 4.25. The minimum atomic E-state index is -3.96. The molecule has 0 atom stereocenters. The molecule has 2 aromatic rings. The van der Waals surface area contributed by atoms with Crippen molar-refractivity contribution in [2.24, 2.45) is 7.05 Å². The van der Waals surface area contributed by atoms with Gasteiger partial charge in [-0.15, -0.1) is 0 Å². The monoisotopic (exact) mass is 335 g/mol. The van der Waals surface area contributed by atoms with Gasteiger partial charge in [-0.25, -0.2) is 8.42 Å². The van der Waals surface area contributed by atoms with Crippen LogP contribution in [0.2, 0.25) is 0 Å². The van der Waals surface area contributed by atoms with E-state index in [1.54, 1.807) is 19.2 Å². The standard InChI is InChI=1S/C15H17N3O4S/c1-17-9-13(8-16-17)18(10-15(19)20)23(21,22)14-6-5-11-3-2-4-12(11)7-14/h5-9H,2-4,10H2,1H3,(H,19,20). The van der Waals surface area contributed by atoms with Crippen molar-refractivity contribution in [3.8, 4) is 0 Å². The van der Waals surface area contributed by atoms with Gasteiger partial charge < -0.3 is 5.11 Å². The largest absolute Gasteiger partial charge is 0.480 e. The fraction of sp³-hybridized carbons (Fsp3) is 0.333. The average Bonchev–Trinajstić information content (AvgIpc) is 3.12. The number of nitrogens with zero attached hydrogens (tertiary/aromatic N) is 3. The van der Waals surface area contributed by atoms with Gasteiger partial charge in [0.1, 0.15) is 6.54 Å². The maximum absolute atomic E-state index is 12.9. The summed E-state index contributed by atoms with van der Waals surface area (Å²) in [5.41, 5.74) is 2.41. The first-order chi connectivity index (χ1) is 10.9. The van der Waals surface area contributed by atoms with Gasteiger partial charge in [0.25, 0.3) is 10.0 Å². The highest BCUT2D eigenvalue weighted by atomic mass is 32.2. The predicted molar refractivity (Wildman–Crippen MR) is 83.8 cm³/mol. The molecule has 122 valence electrons. The molecule has 0 saturated carbocycles. The summed E-state index contributed by atoms with van der Waals surface area (Å²) < 4.78 is 28.1. The van der Waals surface area contributed by atoms with E-state index in [4.69, 9.17) is 5.11 Å². The van der Waals surface area contributed by atoms with E-state index in [1.807, 2.05) is 6.07 Å². The second-order valence-corrected chi connectivity index (χ2v) is 7.42. The van der Waals surface area contributed by atoms with Gasteiger partial charge in [0, 0.05) is 13.2 Å². The molecule has 1 N–H and O–H groups in total. The molecule has 0 radical (unpaired) electrons. The molecule has 23 heavy (non-hydrogen) atoms. The SMILES string of the molecule is Cn1cc(N(CC(=O)O)S(=O)(=O)c2ccc3c(c2)CCC3)cn1. The highest BCUT2D eigenvalue weighted by Gasteiger charge is 2.29. The lowest BCUT2D eigenvalue weighted by Crippen LogP contribution is -2.35. The summed E-state index contributed by atoms with van der Waals surface area (Å²) in [6, 6.07) is 5.02. The van der Waals surface area contributed by atoms with E-state index in [9.17, 15) is 13.2 Å². The first kappa shape index (κ1) is 15.5. The number of rotatable bonds is 5. The van der Waals surface area contributed by atoms with Gasteiger partial charge in [-0.05, 0) is 42.5 Å². The molecule has 0 amide bonds. The number of fused-ring (bicyclic) bond motifs is 1. The van der Waals surface area contributed by atoms with Gasteiger partial charge >= 0.3 is 5.97 Å². The van der Waals surface area contributed by atoms with Crippen LogP contribution in [0, 0.1) is 0 Å². The molecule has 7 nitrogen and oxygen atoms in total. The summed E-state index contributed by atoms with van der Waals surface area (Å²) in [6.45, 7) is -0.648. The Morgan fingerprint density at radius 2 is 2.09 bits per heavy atom. The van der Waals surface area contributed by atoms with E-state index in [1.165, 1.54) is 17.1 Å². The molecule has 0 saturated heterocycles. The predicted octanol–water partition coefficient (Wildman–Crippen LogP) is 1.19. The van der Waals surface area contributed by atoms with Crippen LogP contribution >= 0.6 is 0 Å². The van der Waals surface area contributed by atoms with Gasteiger partial charge in [-0.2, -0.15) is 5.10 Å². The van der Waals surface area contributed by atoms with Gasteiger partial charge in [0.2, 0.25) is 0 Å². The van der Waals surface area contributed by atoms with E-state index in [0.717, 1.165) is 34.7 Å². The van der Waals surface area contributed by atoms with Crippen molar-refractivity contribution in [1.82, 2.24) is 9.78 Å². The quantitative estimate of drug-likeness (QED) is 0.886. The lowest BCUT2D eigenvalue weighted by atomic mass is 10.1. The zero-order chi connectivity index (χ0) is 16.6. The molecule has 0 aliphatic heterocycles. The van der Waals surface area contributed by atoms with Crippen LogP contribution in [-0.2, 0) is 34.7 Å². The Labute approximate surface area is 134 Å². The lowest BCUT2D eigenvalue weighted by Gasteiger charge is -2.21. The van der Waals surface area contributed by atoms with E-state index >= 15 is 0 Å². The molecule has 1 aliphatic carbocycles. The maximum Gasteiger partial charge on any atom is 0.324 e. The van der Waals surface area contributed by atoms with E-state index in [0.29, 0.717) is 0 Å². The molecule has 0 spiro atoms. The van der Waals surface area contributed by atoms with E-state index < -0.39 is 22.5 Å². The number of carboxylic acid groups (broad SMARTS) is 1. The Morgan fingerprint density at radius 3 is 2.74 bits per heavy atom. The number of carbonyl (C=O) groups is 1. The van der Waals surface area contributed by atoms with Gasteiger partial charge in [-0.3, -0.25) is 13.8 Å². The maximum atomic E-state index is 12.9. The highest BCUT2D eigenvalue weighted by Crippen LogP contribution is 2.28. The van der Waals surface area contributed by atoms with Crippen molar-refractivity contribution in [3.05, 3.63) is 41.7 Å². The molecule has 1 aromatic carbocycles. The third-order valence-electron chi connectivity index (χ3n) is 3.92. The molecule has 0 bridgehead atoms.